The van der Waals surface area contributed by atoms with E-state index in [1.807, 2.05) is 0 Å². The zero-order chi connectivity index (χ0) is 12.0. The van der Waals surface area contributed by atoms with Crippen LogP contribution in [0, 0.1) is 0 Å². The SMILES string of the molecule is CN(C)n1ccc2c(nnc3ccnn32)c1=O. The minimum absolute atomic E-state index is 0.211. The smallest absolute Gasteiger partial charge is 0.298 e. The molecule has 0 saturated heterocycles. The average Bonchev–Trinajstić information content (AvgIpc) is 2.77. The van der Waals surface area contributed by atoms with Gasteiger partial charge in [-0.25, -0.2) is 9.19 Å². The van der Waals surface area contributed by atoms with Crippen LogP contribution >= 0.6 is 0 Å². The predicted octanol–water partition coefficient (Wildman–Crippen LogP) is -0.363. The Morgan fingerprint density at radius 2 is 2.06 bits per heavy atom. The topological polar surface area (TPSA) is 68.3 Å². The van der Waals surface area contributed by atoms with Gasteiger partial charge in [-0.1, -0.05) is 0 Å². The first-order chi connectivity index (χ1) is 8.18. The molecule has 0 saturated carbocycles. The van der Waals surface area contributed by atoms with E-state index >= 15 is 0 Å². The molecule has 0 atom stereocenters. The van der Waals surface area contributed by atoms with Crippen molar-refractivity contribution in [2.24, 2.45) is 0 Å². The molecule has 7 heteroatoms. The molecule has 3 rings (SSSR count). The lowest BCUT2D eigenvalue weighted by atomic mass is 10.4. The van der Waals surface area contributed by atoms with Crippen molar-refractivity contribution < 1.29 is 0 Å². The molecule has 3 aromatic rings. The molecule has 0 aliphatic rings. The fraction of sp³-hybridized carbons (Fsp3) is 0.200. The monoisotopic (exact) mass is 230 g/mol. The van der Waals surface area contributed by atoms with Crippen molar-refractivity contribution in [3.05, 3.63) is 34.9 Å². The molecule has 3 aromatic heterocycles. The Morgan fingerprint density at radius 1 is 1.24 bits per heavy atom. The number of aromatic nitrogens is 5. The zero-order valence-corrected chi connectivity index (χ0v) is 9.40. The van der Waals surface area contributed by atoms with Crippen molar-refractivity contribution in [2.75, 3.05) is 19.1 Å². The first-order valence-corrected chi connectivity index (χ1v) is 5.08. The minimum Gasteiger partial charge on any atom is -0.316 e. The highest BCUT2D eigenvalue weighted by atomic mass is 16.1. The number of nitrogens with zero attached hydrogens (tertiary/aromatic N) is 6. The lowest BCUT2D eigenvalue weighted by molar-refractivity contribution is 0.702. The summed E-state index contributed by atoms with van der Waals surface area (Å²) in [7, 11) is 3.57. The van der Waals surface area contributed by atoms with Gasteiger partial charge in [0.15, 0.2) is 11.2 Å². The second kappa shape index (κ2) is 3.27. The summed E-state index contributed by atoms with van der Waals surface area (Å²) in [6.07, 6.45) is 3.31. The maximum Gasteiger partial charge on any atom is 0.298 e. The molecule has 0 spiro atoms. The maximum absolute atomic E-state index is 12.1. The number of hydrogen-bond acceptors (Lipinski definition) is 5. The Labute approximate surface area is 95.9 Å². The van der Waals surface area contributed by atoms with E-state index in [9.17, 15) is 4.79 Å². The summed E-state index contributed by atoms with van der Waals surface area (Å²) in [6, 6.07) is 3.54. The molecule has 0 radical (unpaired) electrons. The van der Waals surface area contributed by atoms with Gasteiger partial charge in [0.05, 0.1) is 6.20 Å². The van der Waals surface area contributed by atoms with E-state index in [0.29, 0.717) is 16.7 Å². The molecular formula is C10H10N6O. The van der Waals surface area contributed by atoms with Gasteiger partial charge >= 0.3 is 0 Å². The van der Waals surface area contributed by atoms with Crippen molar-refractivity contribution in [1.82, 2.24) is 24.5 Å². The van der Waals surface area contributed by atoms with Crippen LogP contribution in [-0.2, 0) is 0 Å². The standard InChI is InChI=1S/C10H10N6O/c1-14(2)15-6-4-7-9(10(15)17)13-12-8-3-5-11-16(7)8/h3-6H,1-2H3. The van der Waals surface area contributed by atoms with E-state index < -0.39 is 0 Å². The van der Waals surface area contributed by atoms with Crippen molar-refractivity contribution in [3.8, 4) is 0 Å². The van der Waals surface area contributed by atoms with Crippen LogP contribution in [0.1, 0.15) is 0 Å². The Kier molecular flexibility index (Phi) is 1.88. The van der Waals surface area contributed by atoms with Crippen LogP contribution in [0.2, 0.25) is 0 Å². The van der Waals surface area contributed by atoms with E-state index in [4.69, 9.17) is 0 Å². The summed E-state index contributed by atoms with van der Waals surface area (Å²) >= 11 is 0. The zero-order valence-electron chi connectivity index (χ0n) is 9.40. The molecule has 3 heterocycles. The summed E-state index contributed by atoms with van der Waals surface area (Å²) in [4.78, 5) is 12.1. The molecular weight excluding hydrogens is 220 g/mol. The van der Waals surface area contributed by atoms with Gasteiger partial charge in [0, 0.05) is 26.4 Å². The third-order valence-corrected chi connectivity index (χ3v) is 2.56. The van der Waals surface area contributed by atoms with Crippen molar-refractivity contribution in [3.63, 3.8) is 0 Å². The molecule has 17 heavy (non-hydrogen) atoms. The van der Waals surface area contributed by atoms with Crippen LogP contribution in [0.4, 0.5) is 0 Å². The average molecular weight is 230 g/mol. The molecule has 0 fully saturated rings. The van der Waals surface area contributed by atoms with Crippen molar-refractivity contribution in [1.29, 1.82) is 0 Å². The van der Waals surface area contributed by atoms with E-state index in [2.05, 4.69) is 15.3 Å². The van der Waals surface area contributed by atoms with E-state index in [1.165, 1.54) is 4.68 Å². The van der Waals surface area contributed by atoms with Gasteiger partial charge in [-0.2, -0.15) is 5.10 Å². The fourth-order valence-corrected chi connectivity index (χ4v) is 1.74. The number of rotatable bonds is 1. The molecule has 0 bridgehead atoms. The minimum atomic E-state index is -0.211. The molecule has 86 valence electrons. The largest absolute Gasteiger partial charge is 0.316 e. The number of hydrogen-bond donors (Lipinski definition) is 0. The van der Waals surface area contributed by atoms with Crippen molar-refractivity contribution >= 4 is 16.7 Å². The highest BCUT2D eigenvalue weighted by molar-refractivity contribution is 5.74. The van der Waals surface area contributed by atoms with Gasteiger partial charge in [0.25, 0.3) is 5.56 Å². The summed E-state index contributed by atoms with van der Waals surface area (Å²) in [5, 5.41) is 13.7. The molecule has 0 aliphatic heterocycles. The first kappa shape index (κ1) is 9.76. The normalized spacial score (nSPS) is 11.2. The summed E-state index contributed by atoms with van der Waals surface area (Å²) in [5.74, 6) is 0. The van der Waals surface area contributed by atoms with Gasteiger partial charge in [-0.3, -0.25) is 4.79 Å². The van der Waals surface area contributed by atoms with Crippen LogP contribution in [-0.4, -0.2) is 38.6 Å². The van der Waals surface area contributed by atoms with Gasteiger partial charge in [-0.05, 0) is 6.07 Å². The van der Waals surface area contributed by atoms with E-state index in [1.54, 1.807) is 48.1 Å². The third kappa shape index (κ3) is 1.28. The predicted molar refractivity (Wildman–Crippen MR) is 62.6 cm³/mol. The Hall–Kier alpha value is -2.44. The molecule has 0 aromatic carbocycles. The molecule has 7 nitrogen and oxygen atoms in total. The summed E-state index contributed by atoms with van der Waals surface area (Å²) in [5.41, 5.74) is 1.37. The highest BCUT2D eigenvalue weighted by Gasteiger charge is 2.09. The van der Waals surface area contributed by atoms with Gasteiger partial charge in [0.1, 0.15) is 5.52 Å². The molecule has 0 aliphatic carbocycles. The van der Waals surface area contributed by atoms with Gasteiger partial charge in [0.2, 0.25) is 0 Å². The van der Waals surface area contributed by atoms with Gasteiger partial charge < -0.3 is 5.01 Å². The number of pyridine rings is 1. The van der Waals surface area contributed by atoms with Crippen LogP contribution in [0.15, 0.2) is 29.3 Å². The fourth-order valence-electron chi connectivity index (χ4n) is 1.74. The molecule has 0 amide bonds. The van der Waals surface area contributed by atoms with Gasteiger partial charge in [-0.15, -0.1) is 10.2 Å². The quantitative estimate of drug-likeness (QED) is 0.571. The molecule has 0 unspecified atom stereocenters. The molecule has 0 N–H and O–H groups in total. The second-order valence-corrected chi connectivity index (χ2v) is 3.85. The maximum atomic E-state index is 12.1. The van der Waals surface area contributed by atoms with Crippen molar-refractivity contribution in [2.45, 2.75) is 0 Å². The summed E-state index contributed by atoms with van der Waals surface area (Å²) in [6.45, 7) is 0. The Morgan fingerprint density at radius 3 is 2.82 bits per heavy atom. The number of fused-ring (bicyclic) bond motifs is 3. The van der Waals surface area contributed by atoms with E-state index in [-0.39, 0.29) is 5.56 Å². The summed E-state index contributed by atoms with van der Waals surface area (Å²) < 4.78 is 3.07. The first-order valence-electron chi connectivity index (χ1n) is 5.08. The van der Waals surface area contributed by atoms with Crippen LogP contribution in [0.25, 0.3) is 16.7 Å². The lowest BCUT2D eigenvalue weighted by Gasteiger charge is -2.15. The second-order valence-electron chi connectivity index (χ2n) is 3.85. The van der Waals surface area contributed by atoms with Crippen LogP contribution in [0.3, 0.4) is 0 Å². The third-order valence-electron chi connectivity index (χ3n) is 2.56. The lowest BCUT2D eigenvalue weighted by Crippen LogP contribution is -2.36. The van der Waals surface area contributed by atoms with Crippen LogP contribution < -0.4 is 10.6 Å². The van der Waals surface area contributed by atoms with Crippen LogP contribution in [0.5, 0.6) is 0 Å². The Bertz CT molecular complexity index is 756. The highest BCUT2D eigenvalue weighted by Crippen LogP contribution is 2.07. The van der Waals surface area contributed by atoms with E-state index in [0.717, 1.165) is 0 Å². The Balaban J connectivity index is 2.49.